The molecule has 0 N–H and O–H groups in total. The highest BCUT2D eigenvalue weighted by Gasteiger charge is 2.23. The fourth-order valence-electron chi connectivity index (χ4n) is 4.21. The van der Waals surface area contributed by atoms with Crippen molar-refractivity contribution in [3.05, 3.63) is 47.5 Å². The molecule has 138 valence electrons. The molecule has 2 aliphatic rings. The molecule has 1 saturated heterocycles. The van der Waals surface area contributed by atoms with E-state index in [2.05, 4.69) is 43.3 Å². The SMILES string of the molecule is CCCc1ccc(C2CCC(C=CC3CCC(OC)CC3)CO2)cc1. The Kier molecular flexibility index (Phi) is 7.12. The summed E-state index contributed by atoms with van der Waals surface area (Å²) in [4.78, 5) is 0. The van der Waals surface area contributed by atoms with Gasteiger partial charge < -0.3 is 9.47 Å². The molecule has 1 aromatic carbocycles. The first kappa shape index (κ1) is 18.7. The summed E-state index contributed by atoms with van der Waals surface area (Å²) in [6.07, 6.45) is 15.4. The van der Waals surface area contributed by atoms with Gasteiger partial charge in [-0.2, -0.15) is 0 Å². The average molecular weight is 343 g/mol. The van der Waals surface area contributed by atoms with Crippen molar-refractivity contribution in [2.45, 2.75) is 70.5 Å². The van der Waals surface area contributed by atoms with Gasteiger partial charge in [0.15, 0.2) is 0 Å². The van der Waals surface area contributed by atoms with Gasteiger partial charge in [0.2, 0.25) is 0 Å². The number of allylic oxidation sites excluding steroid dienone is 1. The molecule has 0 radical (unpaired) electrons. The maximum Gasteiger partial charge on any atom is 0.0825 e. The van der Waals surface area contributed by atoms with Crippen LogP contribution in [0.15, 0.2) is 36.4 Å². The van der Waals surface area contributed by atoms with Crippen molar-refractivity contribution >= 4 is 0 Å². The van der Waals surface area contributed by atoms with Gasteiger partial charge in [0.05, 0.1) is 18.8 Å². The van der Waals surface area contributed by atoms with Gasteiger partial charge in [0.1, 0.15) is 0 Å². The summed E-state index contributed by atoms with van der Waals surface area (Å²) in [7, 11) is 1.84. The van der Waals surface area contributed by atoms with Crippen molar-refractivity contribution in [1.29, 1.82) is 0 Å². The van der Waals surface area contributed by atoms with Crippen molar-refractivity contribution in [1.82, 2.24) is 0 Å². The van der Waals surface area contributed by atoms with Gasteiger partial charge in [-0.3, -0.25) is 0 Å². The highest BCUT2D eigenvalue weighted by molar-refractivity contribution is 5.24. The fraction of sp³-hybridized carbons (Fsp3) is 0.652. The zero-order chi connectivity index (χ0) is 17.5. The van der Waals surface area contributed by atoms with E-state index in [0.717, 1.165) is 18.9 Å². The van der Waals surface area contributed by atoms with Gasteiger partial charge in [-0.15, -0.1) is 0 Å². The molecule has 2 heteroatoms. The smallest absolute Gasteiger partial charge is 0.0825 e. The molecule has 2 unspecified atom stereocenters. The molecular weight excluding hydrogens is 308 g/mol. The van der Waals surface area contributed by atoms with Crippen LogP contribution in [0.25, 0.3) is 0 Å². The number of rotatable bonds is 6. The Morgan fingerprint density at radius 2 is 1.64 bits per heavy atom. The van der Waals surface area contributed by atoms with Crippen LogP contribution in [-0.4, -0.2) is 19.8 Å². The fourth-order valence-corrected chi connectivity index (χ4v) is 4.21. The van der Waals surface area contributed by atoms with Gasteiger partial charge in [-0.05, 0) is 62.0 Å². The molecule has 2 nitrogen and oxygen atoms in total. The topological polar surface area (TPSA) is 18.5 Å². The predicted octanol–water partition coefficient (Wildman–Crippen LogP) is 5.87. The minimum atomic E-state index is 0.289. The molecule has 25 heavy (non-hydrogen) atoms. The summed E-state index contributed by atoms with van der Waals surface area (Å²) >= 11 is 0. The Labute approximate surface area is 153 Å². The first-order valence-corrected chi connectivity index (χ1v) is 10.2. The van der Waals surface area contributed by atoms with Crippen molar-refractivity contribution in [3.8, 4) is 0 Å². The normalized spacial score (nSPS) is 30.6. The Bertz CT molecular complexity index is 518. The zero-order valence-corrected chi connectivity index (χ0v) is 16.0. The van der Waals surface area contributed by atoms with Crippen LogP contribution in [0.5, 0.6) is 0 Å². The molecule has 0 spiro atoms. The minimum absolute atomic E-state index is 0.289. The second kappa shape index (κ2) is 9.54. The summed E-state index contributed by atoms with van der Waals surface area (Å²) in [6, 6.07) is 9.06. The highest BCUT2D eigenvalue weighted by atomic mass is 16.5. The van der Waals surface area contributed by atoms with Crippen LogP contribution in [0.1, 0.15) is 69.1 Å². The Morgan fingerprint density at radius 1 is 0.960 bits per heavy atom. The largest absolute Gasteiger partial charge is 0.381 e. The van der Waals surface area contributed by atoms with E-state index < -0.39 is 0 Å². The summed E-state index contributed by atoms with van der Waals surface area (Å²) in [5.74, 6) is 1.34. The van der Waals surface area contributed by atoms with Gasteiger partial charge in [0.25, 0.3) is 0 Å². The maximum absolute atomic E-state index is 6.18. The third kappa shape index (κ3) is 5.43. The van der Waals surface area contributed by atoms with E-state index in [1.54, 1.807) is 0 Å². The standard InChI is InChI=1S/C23H34O2/c1-3-4-18-7-12-21(13-8-18)23-16-11-20(17-25-23)6-5-19-9-14-22(24-2)15-10-19/h5-8,12-13,19-20,22-23H,3-4,9-11,14-17H2,1-2H3. The first-order chi connectivity index (χ1) is 12.3. The maximum atomic E-state index is 6.18. The van der Waals surface area contributed by atoms with Crippen molar-refractivity contribution in [3.63, 3.8) is 0 Å². The lowest BCUT2D eigenvalue weighted by Crippen LogP contribution is -2.21. The molecule has 2 fully saturated rings. The summed E-state index contributed by atoms with van der Waals surface area (Å²) in [5, 5.41) is 0. The van der Waals surface area contributed by atoms with Gasteiger partial charge in [0, 0.05) is 13.0 Å². The van der Waals surface area contributed by atoms with Crippen molar-refractivity contribution in [2.24, 2.45) is 11.8 Å². The average Bonchev–Trinajstić information content (AvgIpc) is 2.68. The van der Waals surface area contributed by atoms with Gasteiger partial charge in [-0.1, -0.05) is 49.8 Å². The monoisotopic (exact) mass is 342 g/mol. The van der Waals surface area contributed by atoms with Crippen molar-refractivity contribution < 1.29 is 9.47 Å². The lowest BCUT2D eigenvalue weighted by Gasteiger charge is -2.29. The van der Waals surface area contributed by atoms with Gasteiger partial charge >= 0.3 is 0 Å². The second-order valence-electron chi connectivity index (χ2n) is 7.81. The molecule has 2 atom stereocenters. The number of methoxy groups -OCH3 is 1. The van der Waals surface area contributed by atoms with Crippen LogP contribution in [-0.2, 0) is 15.9 Å². The van der Waals surface area contributed by atoms with E-state index in [9.17, 15) is 0 Å². The van der Waals surface area contributed by atoms with E-state index in [1.807, 2.05) is 7.11 Å². The zero-order valence-electron chi connectivity index (χ0n) is 16.0. The van der Waals surface area contributed by atoms with E-state index in [4.69, 9.17) is 9.47 Å². The Hall–Kier alpha value is -1.12. The molecule has 0 amide bonds. The quantitative estimate of drug-likeness (QED) is 0.602. The third-order valence-corrected chi connectivity index (χ3v) is 5.91. The summed E-state index contributed by atoms with van der Waals surface area (Å²) < 4.78 is 11.6. The van der Waals surface area contributed by atoms with Crippen LogP contribution in [0.4, 0.5) is 0 Å². The summed E-state index contributed by atoms with van der Waals surface area (Å²) in [6.45, 7) is 3.10. The molecular formula is C23H34O2. The van der Waals surface area contributed by atoms with E-state index in [-0.39, 0.29) is 6.10 Å². The molecule has 0 aromatic heterocycles. The second-order valence-corrected chi connectivity index (χ2v) is 7.81. The van der Waals surface area contributed by atoms with Crippen molar-refractivity contribution in [2.75, 3.05) is 13.7 Å². The molecule has 1 aromatic rings. The minimum Gasteiger partial charge on any atom is -0.381 e. The number of benzene rings is 1. The highest BCUT2D eigenvalue weighted by Crippen LogP contribution is 2.32. The number of hydrogen-bond donors (Lipinski definition) is 0. The van der Waals surface area contributed by atoms with Crippen LogP contribution in [0.3, 0.4) is 0 Å². The molecule has 1 aliphatic carbocycles. The van der Waals surface area contributed by atoms with Crippen LogP contribution in [0.2, 0.25) is 0 Å². The lowest BCUT2D eigenvalue weighted by atomic mass is 9.85. The number of hydrogen-bond acceptors (Lipinski definition) is 2. The Balaban J connectivity index is 1.43. The summed E-state index contributed by atoms with van der Waals surface area (Å²) in [5.41, 5.74) is 2.78. The third-order valence-electron chi connectivity index (χ3n) is 5.91. The predicted molar refractivity (Wildman–Crippen MR) is 104 cm³/mol. The van der Waals surface area contributed by atoms with Gasteiger partial charge in [-0.25, -0.2) is 0 Å². The van der Waals surface area contributed by atoms with E-state index in [1.165, 1.54) is 56.1 Å². The Morgan fingerprint density at radius 3 is 2.24 bits per heavy atom. The molecule has 0 bridgehead atoms. The van der Waals surface area contributed by atoms with Crippen LogP contribution >= 0.6 is 0 Å². The molecule has 1 heterocycles. The number of ether oxygens (including phenoxy) is 2. The first-order valence-electron chi connectivity index (χ1n) is 10.2. The lowest BCUT2D eigenvalue weighted by molar-refractivity contribution is -0.00542. The van der Waals surface area contributed by atoms with Crippen LogP contribution < -0.4 is 0 Å². The van der Waals surface area contributed by atoms with E-state index >= 15 is 0 Å². The molecule has 1 saturated carbocycles. The number of aryl methyl sites for hydroxylation is 1. The van der Waals surface area contributed by atoms with Crippen LogP contribution in [0, 0.1) is 11.8 Å². The molecule has 3 rings (SSSR count). The van der Waals surface area contributed by atoms with E-state index in [0.29, 0.717) is 12.0 Å². The molecule has 1 aliphatic heterocycles.